The Bertz CT molecular complexity index is 300. The summed E-state index contributed by atoms with van der Waals surface area (Å²) < 4.78 is 0. The highest BCUT2D eigenvalue weighted by molar-refractivity contribution is 5.70. The van der Waals surface area contributed by atoms with Crippen molar-refractivity contribution >= 4 is 11.8 Å². The Kier molecular flexibility index (Phi) is 1.42. The van der Waals surface area contributed by atoms with Gasteiger partial charge in [0.2, 0.25) is 0 Å². The molecule has 0 unspecified atom stereocenters. The zero-order valence-electron chi connectivity index (χ0n) is 6.59. The van der Waals surface area contributed by atoms with E-state index in [1.54, 1.807) is 0 Å². The Hall–Kier alpha value is -1.24. The van der Waals surface area contributed by atoms with Crippen molar-refractivity contribution in [3.05, 3.63) is 35.4 Å². The predicted molar refractivity (Wildman–Crippen MR) is 48.7 cm³/mol. The summed E-state index contributed by atoms with van der Waals surface area (Å²) in [7, 11) is 0. The first-order chi connectivity index (χ1) is 5.36. The highest BCUT2D eigenvalue weighted by Gasteiger charge is 2.01. The number of benzene rings is 1. The van der Waals surface area contributed by atoms with Crippen LogP contribution in [0.1, 0.15) is 11.1 Å². The van der Waals surface area contributed by atoms with Crippen LogP contribution in [-0.2, 0) is 0 Å². The van der Waals surface area contributed by atoms with Crippen LogP contribution in [0.4, 0.5) is 5.69 Å². The molecule has 11 heavy (non-hydrogen) atoms. The third-order valence-corrected chi connectivity index (χ3v) is 1.92. The van der Waals surface area contributed by atoms with Gasteiger partial charge in [0.15, 0.2) is 0 Å². The Morgan fingerprint density at radius 2 is 2.27 bits per heavy atom. The maximum atomic E-state index is 3.32. The van der Waals surface area contributed by atoms with Crippen LogP contribution in [0.25, 0.3) is 6.08 Å². The van der Waals surface area contributed by atoms with Crippen LogP contribution >= 0.6 is 0 Å². The lowest BCUT2D eigenvalue weighted by atomic mass is 10.1. The van der Waals surface area contributed by atoms with E-state index in [2.05, 4.69) is 42.6 Å². The maximum Gasteiger partial charge on any atom is 0.0418 e. The molecule has 0 saturated heterocycles. The average molecular weight is 145 g/mol. The third-order valence-electron chi connectivity index (χ3n) is 1.92. The van der Waals surface area contributed by atoms with Crippen LogP contribution in [0.2, 0.25) is 0 Å². The van der Waals surface area contributed by atoms with Crippen LogP contribution in [0.15, 0.2) is 24.3 Å². The zero-order chi connectivity index (χ0) is 7.68. The van der Waals surface area contributed by atoms with Gasteiger partial charge in [0.05, 0.1) is 0 Å². The number of fused-ring (bicyclic) bond motifs is 1. The van der Waals surface area contributed by atoms with Crippen molar-refractivity contribution in [2.24, 2.45) is 0 Å². The summed E-state index contributed by atoms with van der Waals surface area (Å²) in [4.78, 5) is 0. The lowest BCUT2D eigenvalue weighted by Crippen LogP contribution is -2.03. The summed E-state index contributed by atoms with van der Waals surface area (Å²) in [6, 6.07) is 6.46. The molecule has 1 aliphatic rings. The third kappa shape index (κ3) is 1.14. The van der Waals surface area contributed by atoms with Crippen LogP contribution in [0.3, 0.4) is 0 Å². The zero-order valence-corrected chi connectivity index (χ0v) is 6.59. The summed E-state index contributed by atoms with van der Waals surface area (Å²) in [5.41, 5.74) is 3.86. The van der Waals surface area contributed by atoms with E-state index in [0.717, 1.165) is 6.54 Å². The second-order valence-corrected chi connectivity index (χ2v) is 2.87. The molecule has 1 nitrogen and oxygen atoms in total. The van der Waals surface area contributed by atoms with Gasteiger partial charge in [0, 0.05) is 12.2 Å². The van der Waals surface area contributed by atoms with Gasteiger partial charge in [-0.05, 0) is 24.1 Å². The van der Waals surface area contributed by atoms with E-state index in [-0.39, 0.29) is 0 Å². The minimum Gasteiger partial charge on any atom is -0.381 e. The van der Waals surface area contributed by atoms with Crippen molar-refractivity contribution in [3.63, 3.8) is 0 Å². The first kappa shape index (κ1) is 6.47. The van der Waals surface area contributed by atoms with Crippen molar-refractivity contribution < 1.29 is 0 Å². The van der Waals surface area contributed by atoms with Gasteiger partial charge in [-0.1, -0.05) is 24.3 Å². The largest absolute Gasteiger partial charge is 0.381 e. The molecule has 0 atom stereocenters. The van der Waals surface area contributed by atoms with E-state index in [0.29, 0.717) is 0 Å². The second-order valence-electron chi connectivity index (χ2n) is 2.87. The van der Waals surface area contributed by atoms with Crippen LogP contribution in [0, 0.1) is 6.92 Å². The first-order valence-electron chi connectivity index (χ1n) is 3.87. The van der Waals surface area contributed by atoms with Crippen molar-refractivity contribution in [1.82, 2.24) is 0 Å². The molecule has 1 aromatic rings. The molecule has 1 heteroatoms. The maximum absolute atomic E-state index is 3.32. The Morgan fingerprint density at radius 1 is 1.36 bits per heavy atom. The Balaban J connectivity index is 2.53. The SMILES string of the molecule is Cc1ccc2c(c1)NCC=C2. The van der Waals surface area contributed by atoms with Crippen molar-refractivity contribution in [2.45, 2.75) is 6.92 Å². The van der Waals surface area contributed by atoms with E-state index >= 15 is 0 Å². The van der Waals surface area contributed by atoms with Gasteiger partial charge in [0.1, 0.15) is 0 Å². The highest BCUT2D eigenvalue weighted by Crippen LogP contribution is 2.21. The number of hydrogen-bond donors (Lipinski definition) is 1. The molecule has 1 aliphatic heterocycles. The lowest BCUT2D eigenvalue weighted by Gasteiger charge is -2.12. The first-order valence-corrected chi connectivity index (χ1v) is 3.87. The van der Waals surface area contributed by atoms with Crippen LogP contribution < -0.4 is 5.32 Å². The molecule has 56 valence electrons. The number of hydrogen-bond acceptors (Lipinski definition) is 1. The predicted octanol–water partition coefficient (Wildman–Crippen LogP) is 2.43. The molecule has 1 heterocycles. The number of nitrogens with one attached hydrogen (secondary N) is 1. The van der Waals surface area contributed by atoms with Gasteiger partial charge < -0.3 is 5.32 Å². The fourth-order valence-corrected chi connectivity index (χ4v) is 1.32. The molecule has 0 aliphatic carbocycles. The molecular weight excluding hydrogens is 134 g/mol. The molecule has 1 N–H and O–H groups in total. The van der Waals surface area contributed by atoms with E-state index in [9.17, 15) is 0 Å². The van der Waals surface area contributed by atoms with Gasteiger partial charge in [-0.25, -0.2) is 0 Å². The van der Waals surface area contributed by atoms with Crippen LogP contribution in [0.5, 0.6) is 0 Å². The summed E-state index contributed by atoms with van der Waals surface area (Å²) in [5.74, 6) is 0. The Labute approximate surface area is 66.7 Å². The summed E-state index contributed by atoms with van der Waals surface area (Å²) in [6.07, 6.45) is 4.29. The fourth-order valence-electron chi connectivity index (χ4n) is 1.32. The van der Waals surface area contributed by atoms with Gasteiger partial charge in [-0.3, -0.25) is 0 Å². The molecule has 0 spiro atoms. The average Bonchev–Trinajstić information content (AvgIpc) is 2.04. The quantitative estimate of drug-likeness (QED) is 0.591. The summed E-state index contributed by atoms with van der Waals surface area (Å²) in [6.45, 7) is 3.07. The summed E-state index contributed by atoms with van der Waals surface area (Å²) in [5, 5.41) is 3.32. The van der Waals surface area contributed by atoms with Gasteiger partial charge in [-0.15, -0.1) is 0 Å². The monoisotopic (exact) mass is 145 g/mol. The fraction of sp³-hybridized carbons (Fsp3) is 0.200. The molecule has 0 bridgehead atoms. The molecule has 0 aromatic heterocycles. The minimum atomic E-state index is 0.955. The molecule has 1 aromatic carbocycles. The van der Waals surface area contributed by atoms with E-state index in [4.69, 9.17) is 0 Å². The molecule has 0 saturated carbocycles. The molecular formula is C10H11N. The van der Waals surface area contributed by atoms with Crippen molar-refractivity contribution in [2.75, 3.05) is 11.9 Å². The molecule has 0 fully saturated rings. The standard InChI is InChI=1S/C10H11N/c1-8-4-5-9-3-2-6-11-10(9)7-8/h2-5,7,11H,6H2,1H3. The second kappa shape index (κ2) is 2.42. The highest BCUT2D eigenvalue weighted by atomic mass is 14.9. The van der Waals surface area contributed by atoms with E-state index < -0.39 is 0 Å². The lowest BCUT2D eigenvalue weighted by molar-refractivity contribution is 1.29. The number of aryl methyl sites for hydroxylation is 1. The number of anilines is 1. The van der Waals surface area contributed by atoms with Gasteiger partial charge in [-0.2, -0.15) is 0 Å². The number of rotatable bonds is 0. The van der Waals surface area contributed by atoms with Crippen molar-refractivity contribution in [1.29, 1.82) is 0 Å². The van der Waals surface area contributed by atoms with E-state index in [1.165, 1.54) is 16.8 Å². The van der Waals surface area contributed by atoms with Gasteiger partial charge in [0.25, 0.3) is 0 Å². The van der Waals surface area contributed by atoms with Gasteiger partial charge >= 0.3 is 0 Å². The normalized spacial score (nSPS) is 13.9. The van der Waals surface area contributed by atoms with E-state index in [1.807, 2.05) is 0 Å². The molecule has 0 radical (unpaired) electrons. The van der Waals surface area contributed by atoms with Crippen LogP contribution in [-0.4, -0.2) is 6.54 Å². The summed E-state index contributed by atoms with van der Waals surface area (Å²) >= 11 is 0. The topological polar surface area (TPSA) is 12.0 Å². The molecule has 0 amide bonds. The van der Waals surface area contributed by atoms with Crippen molar-refractivity contribution in [3.8, 4) is 0 Å². The Morgan fingerprint density at radius 3 is 3.18 bits per heavy atom. The minimum absolute atomic E-state index is 0.955. The molecule has 2 rings (SSSR count). The smallest absolute Gasteiger partial charge is 0.0418 e.